The predicted octanol–water partition coefficient (Wildman–Crippen LogP) is 7.18. The highest BCUT2D eigenvalue weighted by atomic mass is 79.9. The Kier molecular flexibility index (Phi) is 11.5. The van der Waals surface area contributed by atoms with Crippen LogP contribution in [0.2, 0.25) is 0 Å². The number of carbonyl (C=O) groups excluding carboxylic acids is 2. The zero-order valence-corrected chi connectivity index (χ0v) is 28.7. The highest BCUT2D eigenvalue weighted by Gasteiger charge is 2.35. The summed E-state index contributed by atoms with van der Waals surface area (Å²) in [5, 5.41) is 3.21. The molecule has 7 nitrogen and oxygen atoms in total. The molecule has 5 rings (SSSR count). The predicted molar refractivity (Wildman–Crippen MR) is 186 cm³/mol. The summed E-state index contributed by atoms with van der Waals surface area (Å²) in [4.78, 5) is 30.1. The largest absolute Gasteiger partial charge is 0.352 e. The van der Waals surface area contributed by atoms with E-state index < -0.39 is 34.3 Å². The zero-order chi connectivity index (χ0) is 33.4. The van der Waals surface area contributed by atoms with E-state index in [0.717, 1.165) is 69.7 Å². The molecule has 0 heterocycles. The van der Waals surface area contributed by atoms with Crippen LogP contribution in [0.25, 0.3) is 0 Å². The molecule has 0 spiro atoms. The van der Waals surface area contributed by atoms with E-state index in [-0.39, 0.29) is 35.5 Å². The van der Waals surface area contributed by atoms with E-state index in [0.29, 0.717) is 0 Å². The van der Waals surface area contributed by atoms with Crippen molar-refractivity contribution in [1.29, 1.82) is 0 Å². The molecule has 0 bridgehead atoms. The van der Waals surface area contributed by atoms with Gasteiger partial charge in [-0.1, -0.05) is 95.4 Å². The number of benzene rings is 4. The highest BCUT2D eigenvalue weighted by Crippen LogP contribution is 2.26. The second-order valence-corrected chi connectivity index (χ2v) is 14.8. The molecule has 2 amide bonds. The molecule has 1 saturated carbocycles. The molecule has 0 saturated heterocycles. The molecular formula is C37H39BrFN3O4S. The molecule has 246 valence electrons. The number of anilines is 1. The van der Waals surface area contributed by atoms with Gasteiger partial charge in [0, 0.05) is 23.5 Å². The van der Waals surface area contributed by atoms with Crippen molar-refractivity contribution in [1.82, 2.24) is 10.2 Å². The van der Waals surface area contributed by atoms with Crippen LogP contribution in [0.1, 0.15) is 48.8 Å². The van der Waals surface area contributed by atoms with Crippen molar-refractivity contribution in [3.05, 3.63) is 130 Å². The van der Waals surface area contributed by atoms with Crippen LogP contribution in [-0.2, 0) is 32.6 Å². The third-order valence-corrected chi connectivity index (χ3v) is 10.7. The molecule has 10 heteroatoms. The second kappa shape index (κ2) is 15.7. The zero-order valence-electron chi connectivity index (χ0n) is 26.3. The minimum atomic E-state index is -4.31. The van der Waals surface area contributed by atoms with Gasteiger partial charge >= 0.3 is 0 Å². The van der Waals surface area contributed by atoms with Crippen molar-refractivity contribution in [2.24, 2.45) is 0 Å². The van der Waals surface area contributed by atoms with Crippen LogP contribution in [0.15, 0.2) is 112 Å². The monoisotopic (exact) mass is 719 g/mol. The highest BCUT2D eigenvalue weighted by molar-refractivity contribution is 9.10. The standard InChI is InChI=1S/C37H39BrFN3O4S/c1-27-15-19-33(20-16-27)42(47(45,46)34-21-17-31(39)18-22-34)26-36(43)41(25-29-11-8-12-30(38)23-29)35(24-28-9-4-2-5-10-28)37(44)40-32-13-6-3-7-14-32/h2,4-5,8-12,15-23,32,35H,3,6-7,13-14,24-26H2,1H3,(H,40,44)/t35-/m1/s1. The Hall–Kier alpha value is -4.02. The maximum absolute atomic E-state index is 14.6. The van der Waals surface area contributed by atoms with E-state index >= 15 is 0 Å². The van der Waals surface area contributed by atoms with Crippen molar-refractivity contribution < 1.29 is 22.4 Å². The first-order valence-electron chi connectivity index (χ1n) is 15.8. The Labute approximate surface area is 285 Å². The maximum atomic E-state index is 14.6. The number of amides is 2. The summed E-state index contributed by atoms with van der Waals surface area (Å²) in [6, 6.07) is 27.4. The van der Waals surface area contributed by atoms with Crippen LogP contribution in [0.5, 0.6) is 0 Å². The third kappa shape index (κ3) is 9.08. The second-order valence-electron chi connectivity index (χ2n) is 12.0. The smallest absolute Gasteiger partial charge is 0.264 e. The summed E-state index contributed by atoms with van der Waals surface area (Å²) in [6.07, 6.45) is 5.18. The maximum Gasteiger partial charge on any atom is 0.264 e. The number of nitrogens with one attached hydrogen (secondary N) is 1. The third-order valence-electron chi connectivity index (χ3n) is 8.47. The normalized spacial score (nSPS) is 14.3. The molecule has 0 unspecified atom stereocenters. The van der Waals surface area contributed by atoms with Gasteiger partial charge in [-0.2, -0.15) is 0 Å². The van der Waals surface area contributed by atoms with Crippen LogP contribution in [0.4, 0.5) is 10.1 Å². The van der Waals surface area contributed by atoms with E-state index in [9.17, 15) is 22.4 Å². The average molecular weight is 721 g/mol. The number of hydrogen-bond acceptors (Lipinski definition) is 4. The van der Waals surface area contributed by atoms with Gasteiger partial charge in [-0.15, -0.1) is 0 Å². The Bertz CT molecular complexity index is 1760. The SMILES string of the molecule is Cc1ccc(N(CC(=O)N(Cc2cccc(Br)c2)[C@H](Cc2ccccc2)C(=O)NC2CCCCC2)S(=O)(=O)c2ccc(F)cc2)cc1. The molecule has 0 aromatic heterocycles. The topological polar surface area (TPSA) is 86.8 Å². The lowest BCUT2D eigenvalue weighted by molar-refractivity contribution is -0.140. The first-order valence-corrected chi connectivity index (χ1v) is 18.1. The van der Waals surface area contributed by atoms with Crippen molar-refractivity contribution in [2.45, 2.75) is 69.0 Å². The van der Waals surface area contributed by atoms with E-state index in [2.05, 4.69) is 21.2 Å². The lowest BCUT2D eigenvalue weighted by Gasteiger charge is -2.35. The minimum absolute atomic E-state index is 0.0141. The van der Waals surface area contributed by atoms with Gasteiger partial charge in [0.05, 0.1) is 10.6 Å². The molecule has 1 fully saturated rings. The first-order chi connectivity index (χ1) is 22.6. The van der Waals surface area contributed by atoms with Gasteiger partial charge in [0.2, 0.25) is 11.8 Å². The van der Waals surface area contributed by atoms with Gasteiger partial charge in [0.1, 0.15) is 18.4 Å². The van der Waals surface area contributed by atoms with Crippen LogP contribution in [0, 0.1) is 12.7 Å². The lowest BCUT2D eigenvalue weighted by Crippen LogP contribution is -2.55. The molecule has 4 aromatic carbocycles. The number of nitrogens with zero attached hydrogens (tertiary/aromatic N) is 2. The Morgan fingerprint density at radius 3 is 2.19 bits per heavy atom. The number of carbonyl (C=O) groups is 2. The van der Waals surface area contributed by atoms with Crippen LogP contribution >= 0.6 is 15.9 Å². The molecule has 0 radical (unpaired) electrons. The average Bonchev–Trinajstić information content (AvgIpc) is 3.06. The Balaban J connectivity index is 1.56. The van der Waals surface area contributed by atoms with E-state index in [1.54, 1.807) is 24.3 Å². The molecule has 0 aliphatic heterocycles. The van der Waals surface area contributed by atoms with Crippen LogP contribution in [0.3, 0.4) is 0 Å². The summed E-state index contributed by atoms with van der Waals surface area (Å²) in [6.45, 7) is 1.39. The van der Waals surface area contributed by atoms with Crippen molar-refractivity contribution in [3.63, 3.8) is 0 Å². The quantitative estimate of drug-likeness (QED) is 0.168. The van der Waals surface area contributed by atoms with Gasteiger partial charge in [-0.25, -0.2) is 12.8 Å². The van der Waals surface area contributed by atoms with E-state index in [4.69, 9.17) is 0 Å². The molecule has 1 aliphatic rings. The number of aryl methyl sites for hydroxylation is 1. The summed E-state index contributed by atoms with van der Waals surface area (Å²) in [5.74, 6) is -1.39. The summed E-state index contributed by atoms with van der Waals surface area (Å²) >= 11 is 3.51. The van der Waals surface area contributed by atoms with Crippen LogP contribution in [-0.4, -0.2) is 43.8 Å². The van der Waals surface area contributed by atoms with E-state index in [1.807, 2.05) is 61.5 Å². The fourth-order valence-corrected chi connectivity index (χ4v) is 7.76. The van der Waals surface area contributed by atoms with Gasteiger partial charge in [0.25, 0.3) is 10.0 Å². The van der Waals surface area contributed by atoms with Gasteiger partial charge in [-0.3, -0.25) is 13.9 Å². The van der Waals surface area contributed by atoms with Crippen molar-refractivity contribution in [3.8, 4) is 0 Å². The molecule has 1 atom stereocenters. The first kappa shape index (κ1) is 34.3. The van der Waals surface area contributed by atoms with Gasteiger partial charge in [-0.05, 0) is 79.4 Å². The fraction of sp³-hybridized carbons (Fsp3) is 0.297. The molecule has 1 N–H and O–H groups in total. The summed E-state index contributed by atoms with van der Waals surface area (Å²) in [5.41, 5.74) is 2.84. The number of rotatable bonds is 12. The molecule has 4 aromatic rings. The molecule has 47 heavy (non-hydrogen) atoms. The van der Waals surface area contributed by atoms with Crippen molar-refractivity contribution >= 4 is 43.5 Å². The Morgan fingerprint density at radius 1 is 0.872 bits per heavy atom. The molecule has 1 aliphatic carbocycles. The van der Waals surface area contributed by atoms with Gasteiger partial charge < -0.3 is 10.2 Å². The van der Waals surface area contributed by atoms with Crippen LogP contribution < -0.4 is 9.62 Å². The Morgan fingerprint density at radius 2 is 1.53 bits per heavy atom. The number of sulfonamides is 1. The lowest BCUT2D eigenvalue weighted by atomic mass is 9.94. The minimum Gasteiger partial charge on any atom is -0.352 e. The fourth-order valence-electron chi connectivity index (χ4n) is 5.90. The van der Waals surface area contributed by atoms with E-state index in [1.165, 1.54) is 17.0 Å². The summed E-state index contributed by atoms with van der Waals surface area (Å²) in [7, 11) is -4.31. The van der Waals surface area contributed by atoms with Gasteiger partial charge in [0.15, 0.2) is 0 Å². The number of hydrogen-bond donors (Lipinski definition) is 1. The molecular weight excluding hydrogens is 681 g/mol. The summed E-state index contributed by atoms with van der Waals surface area (Å²) < 4.78 is 43.8. The number of halogens is 2. The van der Waals surface area contributed by atoms with Crippen molar-refractivity contribution in [2.75, 3.05) is 10.8 Å².